The first-order valence-electron chi connectivity index (χ1n) is 27.6. The van der Waals surface area contributed by atoms with Crippen molar-refractivity contribution in [2.75, 3.05) is 85.1 Å². The molecule has 418 valence electrons. The number of rotatable bonds is 13. The zero-order valence-corrected chi connectivity index (χ0v) is 46.2. The Morgan fingerprint density at radius 1 is 0.573 bits per heavy atom. The summed E-state index contributed by atoms with van der Waals surface area (Å²) in [7, 11) is 0. The number of amides is 2. The van der Waals surface area contributed by atoms with Crippen molar-refractivity contribution in [3.8, 4) is 0 Å². The number of halogens is 10. The smallest absolute Gasteiger partial charge is 0.248 e. The molecule has 0 bridgehead atoms. The van der Waals surface area contributed by atoms with Gasteiger partial charge >= 0.3 is 0 Å². The number of hydrogen-bond donors (Lipinski definition) is 1. The van der Waals surface area contributed by atoms with Crippen LogP contribution in [-0.2, 0) is 25.2 Å². The zero-order chi connectivity index (χ0) is 53.5. The Morgan fingerprint density at radius 3 is 1.43 bits per heavy atom. The van der Waals surface area contributed by atoms with Gasteiger partial charge in [0.15, 0.2) is 0 Å². The molecular weight excluding hydrogens is 1060 g/mol. The predicted molar refractivity (Wildman–Crippen MR) is 285 cm³/mol. The molecule has 2 amide bonds. The minimum absolute atomic E-state index is 0.0221. The molecule has 0 spiro atoms. The molecular formula is C56H76Cl4F6N6O3. The lowest BCUT2D eigenvalue weighted by Gasteiger charge is -2.49. The van der Waals surface area contributed by atoms with Gasteiger partial charge in [0.2, 0.25) is 23.7 Å². The Balaban J connectivity index is 0.000000170. The second-order valence-electron chi connectivity index (χ2n) is 23.2. The fourth-order valence-electron chi connectivity index (χ4n) is 12.8. The molecule has 8 fully saturated rings. The molecule has 19 heteroatoms. The van der Waals surface area contributed by atoms with Crippen LogP contribution in [0.3, 0.4) is 0 Å². The van der Waals surface area contributed by atoms with Gasteiger partial charge in [0, 0.05) is 146 Å². The minimum Gasteiger partial charge on any atom is -0.342 e. The van der Waals surface area contributed by atoms with Crippen LogP contribution in [0.15, 0.2) is 36.4 Å². The fourth-order valence-corrected chi connectivity index (χ4v) is 13.4. The van der Waals surface area contributed by atoms with Gasteiger partial charge in [0.1, 0.15) is 18.6 Å². The Labute approximate surface area is 460 Å². The largest absolute Gasteiger partial charge is 0.342 e. The highest BCUT2D eigenvalue weighted by Crippen LogP contribution is 2.44. The highest BCUT2D eigenvalue weighted by atomic mass is 35.5. The van der Waals surface area contributed by atoms with Crippen molar-refractivity contribution in [1.29, 1.82) is 0 Å². The predicted octanol–water partition coefficient (Wildman–Crippen LogP) is 11.8. The summed E-state index contributed by atoms with van der Waals surface area (Å²) in [5, 5.41) is 5.11. The molecule has 6 saturated heterocycles. The van der Waals surface area contributed by atoms with Crippen LogP contribution in [0.2, 0.25) is 20.1 Å². The summed E-state index contributed by atoms with van der Waals surface area (Å²) < 4.78 is 80.4. The molecule has 0 aromatic heterocycles. The standard InChI is InChI=1S/C28H38Cl2F3N3O.C20H23Cl2F2NO2.C8H15FN2/c29-24-2-1-21(15-25(24)30)27(11-14-34-17-23(18-34)35-12-6-22(31)7-13-35)8-5-26(37)36(19-27)16-20-3-9-28(32,33)10-4-20;21-16-2-1-15(11-17(16)22)19(9-10-26)6-5-18(27)25(13-19)12-14-3-7-20(23,24)8-4-14;9-7-1-3-11(4-2-7)8-5-10-6-8/h1-2,15,20,22-23H,3-14,16-19H2;1-2,10-11,14H,3-9,12-13H2;7-8,10H,1-6H2/t27-;19-;/m11./s1. The molecule has 0 unspecified atom stereocenters. The number of piperidine rings is 4. The monoisotopic (exact) mass is 1130 g/mol. The third-order valence-electron chi connectivity index (χ3n) is 18.1. The van der Waals surface area contributed by atoms with Crippen LogP contribution in [-0.4, -0.2) is 164 Å². The molecule has 10 rings (SSSR count). The van der Waals surface area contributed by atoms with Crippen molar-refractivity contribution in [3.63, 3.8) is 0 Å². The van der Waals surface area contributed by atoms with Gasteiger partial charge in [-0.05, 0) is 124 Å². The molecule has 9 nitrogen and oxygen atoms in total. The van der Waals surface area contributed by atoms with E-state index in [0.29, 0.717) is 116 Å². The van der Waals surface area contributed by atoms with Gasteiger partial charge in [0.25, 0.3) is 0 Å². The van der Waals surface area contributed by atoms with Crippen molar-refractivity contribution in [2.24, 2.45) is 11.8 Å². The highest BCUT2D eigenvalue weighted by molar-refractivity contribution is 6.42. The molecule has 6 heterocycles. The van der Waals surface area contributed by atoms with E-state index in [2.05, 4.69) is 20.0 Å². The Bertz CT molecular complexity index is 2230. The van der Waals surface area contributed by atoms with Gasteiger partial charge in [-0.3, -0.25) is 19.4 Å². The van der Waals surface area contributed by atoms with Crippen molar-refractivity contribution in [1.82, 2.24) is 29.8 Å². The summed E-state index contributed by atoms with van der Waals surface area (Å²) in [5.74, 6) is -4.80. The lowest BCUT2D eigenvalue weighted by Crippen LogP contribution is -2.61. The number of carbonyl (C=O) groups excluding carboxylic acids is 3. The third kappa shape index (κ3) is 15.5. The summed E-state index contributed by atoms with van der Waals surface area (Å²) in [6.07, 6.45) is 7.06. The topological polar surface area (TPSA) is 79.4 Å². The number of hydrogen-bond acceptors (Lipinski definition) is 7. The Morgan fingerprint density at radius 2 is 1.00 bits per heavy atom. The maximum atomic E-state index is 13.7. The first-order chi connectivity index (χ1) is 35.7. The van der Waals surface area contributed by atoms with E-state index in [1.165, 1.54) is 0 Å². The maximum Gasteiger partial charge on any atom is 0.248 e. The van der Waals surface area contributed by atoms with E-state index in [9.17, 15) is 40.7 Å². The molecule has 2 saturated carbocycles. The number of nitrogens with zero attached hydrogens (tertiary/aromatic N) is 5. The van der Waals surface area contributed by atoms with Crippen molar-refractivity contribution >= 4 is 64.5 Å². The lowest BCUT2D eigenvalue weighted by molar-refractivity contribution is -0.138. The summed E-state index contributed by atoms with van der Waals surface area (Å²) in [6, 6.07) is 12.3. The number of nitrogens with one attached hydrogen (secondary N) is 1. The third-order valence-corrected chi connectivity index (χ3v) is 19.5. The van der Waals surface area contributed by atoms with Crippen LogP contribution in [0.4, 0.5) is 26.3 Å². The van der Waals surface area contributed by atoms with E-state index >= 15 is 0 Å². The number of alkyl halides is 6. The molecule has 2 aromatic rings. The van der Waals surface area contributed by atoms with E-state index in [-0.39, 0.29) is 61.2 Å². The quantitative estimate of drug-likeness (QED) is 0.158. The summed E-state index contributed by atoms with van der Waals surface area (Å²) in [5.41, 5.74) is 1.22. The molecule has 2 aliphatic carbocycles. The van der Waals surface area contributed by atoms with Crippen LogP contribution in [0.5, 0.6) is 0 Å². The minimum atomic E-state index is -2.58. The molecule has 1 N–H and O–H groups in total. The van der Waals surface area contributed by atoms with Gasteiger partial charge in [-0.1, -0.05) is 58.5 Å². The molecule has 2 atom stereocenters. The van der Waals surface area contributed by atoms with E-state index in [1.54, 1.807) is 17.0 Å². The fraction of sp³-hybridized carbons (Fsp3) is 0.732. The van der Waals surface area contributed by atoms with Crippen molar-refractivity contribution < 1.29 is 40.7 Å². The molecule has 2 aromatic carbocycles. The van der Waals surface area contributed by atoms with E-state index < -0.39 is 29.6 Å². The van der Waals surface area contributed by atoms with Gasteiger partial charge < -0.3 is 24.8 Å². The second-order valence-corrected chi connectivity index (χ2v) is 24.9. The summed E-state index contributed by atoms with van der Waals surface area (Å²) in [6.45, 7) is 10.7. The van der Waals surface area contributed by atoms with Crippen LogP contribution < -0.4 is 5.32 Å². The first-order valence-corrected chi connectivity index (χ1v) is 29.1. The Hall–Kier alpha value is -2.37. The molecule has 75 heavy (non-hydrogen) atoms. The maximum absolute atomic E-state index is 13.7. The van der Waals surface area contributed by atoms with E-state index in [0.717, 1.165) is 102 Å². The SMILES string of the molecule is FC1CCN(C2CNC2)CC1.O=C1CC[C@](CCN2CC(N3CCC(F)CC3)C2)(c2ccc(Cl)c(Cl)c2)CN1CC1CCC(F)(F)CC1.O=CC[C@]1(c2ccc(Cl)c(Cl)c2)CCC(=O)N(CC2CCC(F)(F)CC2)C1. The zero-order valence-electron chi connectivity index (χ0n) is 43.2. The first kappa shape index (κ1) is 58.8. The van der Waals surface area contributed by atoms with E-state index in [4.69, 9.17) is 46.4 Å². The van der Waals surface area contributed by atoms with Gasteiger partial charge in [-0.25, -0.2) is 26.3 Å². The van der Waals surface area contributed by atoms with Crippen LogP contribution >= 0.6 is 46.4 Å². The molecule has 6 aliphatic heterocycles. The number of aldehydes is 1. The number of likely N-dealkylation sites (tertiary alicyclic amines) is 5. The summed E-state index contributed by atoms with van der Waals surface area (Å²) in [4.78, 5) is 47.8. The van der Waals surface area contributed by atoms with Crippen molar-refractivity contribution in [3.05, 3.63) is 67.6 Å². The van der Waals surface area contributed by atoms with Crippen LogP contribution in [0, 0.1) is 11.8 Å². The van der Waals surface area contributed by atoms with Crippen LogP contribution in [0.1, 0.15) is 127 Å². The molecule has 8 aliphatic rings. The second kappa shape index (κ2) is 25.8. The van der Waals surface area contributed by atoms with Crippen LogP contribution in [0.25, 0.3) is 0 Å². The lowest BCUT2D eigenvalue weighted by atomic mass is 9.71. The normalized spacial score (nSPS) is 28.2. The average Bonchev–Trinajstić information content (AvgIpc) is 3.35. The highest BCUT2D eigenvalue weighted by Gasteiger charge is 2.45. The van der Waals surface area contributed by atoms with Gasteiger partial charge in [-0.2, -0.15) is 0 Å². The Kier molecular flexibility index (Phi) is 20.2. The number of benzene rings is 2. The van der Waals surface area contributed by atoms with Crippen molar-refractivity contribution in [2.45, 2.75) is 163 Å². The molecule has 0 radical (unpaired) electrons. The summed E-state index contributed by atoms with van der Waals surface area (Å²) >= 11 is 24.9. The van der Waals surface area contributed by atoms with Gasteiger partial charge in [-0.15, -0.1) is 0 Å². The van der Waals surface area contributed by atoms with Gasteiger partial charge in [0.05, 0.1) is 20.1 Å². The average molecular weight is 1140 g/mol. The number of carbonyl (C=O) groups is 3. The van der Waals surface area contributed by atoms with E-state index in [1.807, 2.05) is 29.2 Å².